The number of ether oxygens (including phenoxy) is 1. The van der Waals surface area contributed by atoms with Crippen molar-refractivity contribution in [3.63, 3.8) is 0 Å². The summed E-state index contributed by atoms with van der Waals surface area (Å²) in [6.45, 7) is 1.96. The zero-order valence-electron chi connectivity index (χ0n) is 16.3. The molecule has 2 saturated heterocycles. The number of aliphatic hydroxyl groups is 1. The van der Waals surface area contributed by atoms with E-state index in [1.54, 1.807) is 0 Å². The monoisotopic (exact) mass is 465 g/mol. The first kappa shape index (κ1) is 21.7. The smallest absolute Gasteiger partial charge is 0.357 e. The number of carbonyl (C=O) groups excluding carboxylic acids is 3. The van der Waals surface area contributed by atoms with Gasteiger partial charge in [-0.2, -0.15) is 0 Å². The minimum absolute atomic E-state index is 0.0725. The Labute approximate surface area is 185 Å². The van der Waals surface area contributed by atoms with Crippen LogP contribution in [0.3, 0.4) is 0 Å². The predicted molar refractivity (Wildman–Crippen MR) is 112 cm³/mol. The highest BCUT2D eigenvalue weighted by Gasteiger charge is 2.58. The standard InChI is InChI=1S/C19H19N3O7S2/c1-9(23)13-16(25)21-14(19(31-17(13)21)30-12-6-7-20-15(12)24)18(26)29-8-10-2-4-11(5-3-10)22(27)28/h2-5,9,12-13,17,23H,6-8H2,1H3,(H,20,24)/t9-,12?,13+,17-/m1/s1. The van der Waals surface area contributed by atoms with Crippen molar-refractivity contribution in [2.24, 2.45) is 5.92 Å². The number of nitro benzene ring substituents is 1. The second-order valence-corrected chi connectivity index (χ2v) is 9.90. The van der Waals surface area contributed by atoms with E-state index in [2.05, 4.69) is 5.32 Å². The van der Waals surface area contributed by atoms with Crippen LogP contribution in [0.2, 0.25) is 0 Å². The van der Waals surface area contributed by atoms with E-state index in [1.165, 1.54) is 59.6 Å². The largest absolute Gasteiger partial charge is 0.456 e. The van der Waals surface area contributed by atoms with E-state index in [9.17, 15) is 29.6 Å². The van der Waals surface area contributed by atoms with Gasteiger partial charge in [0.1, 0.15) is 12.0 Å². The van der Waals surface area contributed by atoms with Crippen molar-refractivity contribution >= 4 is 47.0 Å². The topological polar surface area (TPSA) is 139 Å². The second kappa shape index (κ2) is 8.52. The molecule has 4 atom stereocenters. The number of thioether (sulfide) groups is 2. The molecule has 1 aromatic carbocycles. The van der Waals surface area contributed by atoms with Crippen molar-refractivity contribution in [1.82, 2.24) is 10.2 Å². The van der Waals surface area contributed by atoms with E-state index >= 15 is 0 Å². The van der Waals surface area contributed by atoms with Gasteiger partial charge in [-0.25, -0.2) is 4.79 Å². The van der Waals surface area contributed by atoms with Gasteiger partial charge in [-0.05, 0) is 31.0 Å². The Morgan fingerprint density at radius 2 is 2.13 bits per heavy atom. The Hall–Kier alpha value is -2.57. The van der Waals surface area contributed by atoms with E-state index in [0.717, 1.165) is 0 Å². The number of nitrogens with zero attached hydrogens (tertiary/aromatic N) is 2. The molecule has 2 fully saturated rings. The summed E-state index contributed by atoms with van der Waals surface area (Å²) in [5.41, 5.74) is 0.572. The van der Waals surface area contributed by atoms with Crippen LogP contribution in [0.1, 0.15) is 18.9 Å². The van der Waals surface area contributed by atoms with E-state index < -0.39 is 28.3 Å². The lowest BCUT2D eigenvalue weighted by Gasteiger charge is -2.43. The summed E-state index contributed by atoms with van der Waals surface area (Å²) in [5.74, 6) is -1.82. The SMILES string of the molecule is C[C@@H](O)[C@H]1C(=O)N2C(C(=O)OCc3ccc([N+](=O)[O-])cc3)=C(SC3CCNC3=O)S[C@H]12. The first-order valence-corrected chi connectivity index (χ1v) is 11.3. The molecule has 0 aromatic heterocycles. The number of rotatable bonds is 7. The summed E-state index contributed by atoms with van der Waals surface area (Å²) in [6.07, 6.45) is -0.255. The number of hydrogen-bond donors (Lipinski definition) is 2. The number of nitrogens with one attached hydrogen (secondary N) is 1. The Kier molecular flexibility index (Phi) is 5.95. The molecule has 0 radical (unpaired) electrons. The average Bonchev–Trinajstić information content (AvgIpc) is 3.27. The number of fused-ring (bicyclic) bond motifs is 1. The second-order valence-electron chi connectivity index (χ2n) is 7.30. The third kappa shape index (κ3) is 4.02. The number of non-ortho nitro benzene ring substituents is 1. The van der Waals surface area contributed by atoms with Gasteiger partial charge >= 0.3 is 5.97 Å². The van der Waals surface area contributed by atoms with Crippen molar-refractivity contribution in [2.45, 2.75) is 36.7 Å². The Balaban J connectivity index is 1.51. The first-order chi connectivity index (χ1) is 14.8. The molecule has 3 aliphatic rings. The van der Waals surface area contributed by atoms with E-state index in [1.807, 2.05) is 0 Å². The first-order valence-electron chi connectivity index (χ1n) is 9.55. The molecule has 1 aromatic rings. The quantitative estimate of drug-likeness (QED) is 0.264. The highest BCUT2D eigenvalue weighted by molar-refractivity contribution is 8.23. The summed E-state index contributed by atoms with van der Waals surface area (Å²) in [4.78, 5) is 49.0. The van der Waals surface area contributed by atoms with Crippen LogP contribution in [0.4, 0.5) is 5.69 Å². The van der Waals surface area contributed by atoms with Crippen LogP contribution in [-0.2, 0) is 25.7 Å². The summed E-state index contributed by atoms with van der Waals surface area (Å²) in [5, 5.41) is 22.7. The molecular formula is C19H19N3O7S2. The maximum absolute atomic E-state index is 12.9. The lowest BCUT2D eigenvalue weighted by molar-refractivity contribution is -0.384. The normalized spacial score (nSPS) is 25.7. The molecular weight excluding hydrogens is 446 g/mol. The van der Waals surface area contributed by atoms with Gasteiger partial charge in [-0.15, -0.1) is 11.8 Å². The van der Waals surface area contributed by atoms with Gasteiger partial charge in [-0.1, -0.05) is 11.8 Å². The summed E-state index contributed by atoms with van der Waals surface area (Å²) >= 11 is 2.51. The fourth-order valence-electron chi connectivity index (χ4n) is 3.57. The molecule has 0 aliphatic carbocycles. The maximum Gasteiger partial charge on any atom is 0.357 e. The third-order valence-corrected chi connectivity index (χ3v) is 8.10. The summed E-state index contributed by atoms with van der Waals surface area (Å²) in [6, 6.07) is 5.61. The molecule has 31 heavy (non-hydrogen) atoms. The van der Waals surface area contributed by atoms with E-state index in [-0.39, 0.29) is 35.1 Å². The van der Waals surface area contributed by atoms with Crippen LogP contribution in [-0.4, -0.2) is 56.0 Å². The zero-order valence-corrected chi connectivity index (χ0v) is 18.0. The number of esters is 1. The Bertz CT molecular complexity index is 979. The molecule has 1 unspecified atom stereocenters. The van der Waals surface area contributed by atoms with Crippen LogP contribution in [0.15, 0.2) is 34.2 Å². The minimum Gasteiger partial charge on any atom is -0.456 e. The van der Waals surface area contributed by atoms with Gasteiger partial charge in [0.25, 0.3) is 5.69 Å². The molecule has 2 amide bonds. The number of nitro groups is 1. The van der Waals surface area contributed by atoms with Crippen molar-refractivity contribution < 1.29 is 29.2 Å². The molecule has 3 aliphatic heterocycles. The number of aliphatic hydroxyl groups excluding tert-OH is 1. The number of hydrogen-bond acceptors (Lipinski definition) is 9. The van der Waals surface area contributed by atoms with Gasteiger partial charge in [0.2, 0.25) is 11.8 Å². The lowest BCUT2D eigenvalue weighted by Crippen LogP contribution is -2.60. The van der Waals surface area contributed by atoms with Crippen molar-refractivity contribution in [1.29, 1.82) is 0 Å². The van der Waals surface area contributed by atoms with Crippen molar-refractivity contribution in [2.75, 3.05) is 6.54 Å². The van der Waals surface area contributed by atoms with Crippen molar-refractivity contribution in [3.8, 4) is 0 Å². The maximum atomic E-state index is 12.9. The van der Waals surface area contributed by atoms with Crippen LogP contribution < -0.4 is 5.32 Å². The van der Waals surface area contributed by atoms with Crippen LogP contribution >= 0.6 is 23.5 Å². The van der Waals surface area contributed by atoms with Gasteiger partial charge in [0.05, 0.1) is 26.4 Å². The average molecular weight is 466 g/mol. The number of β-lactam (4-membered cyclic amide) rings is 1. The lowest BCUT2D eigenvalue weighted by atomic mass is 9.92. The highest BCUT2D eigenvalue weighted by atomic mass is 32.2. The number of carbonyl (C=O) groups is 3. The molecule has 4 rings (SSSR count). The fourth-order valence-corrected chi connectivity index (χ4v) is 6.73. The van der Waals surface area contributed by atoms with Gasteiger partial charge in [-0.3, -0.25) is 24.6 Å². The van der Waals surface area contributed by atoms with Crippen LogP contribution in [0.5, 0.6) is 0 Å². The predicted octanol–water partition coefficient (Wildman–Crippen LogP) is 1.34. The van der Waals surface area contributed by atoms with E-state index in [0.29, 0.717) is 22.8 Å². The van der Waals surface area contributed by atoms with Crippen molar-refractivity contribution in [3.05, 3.63) is 49.9 Å². The molecule has 12 heteroatoms. The highest BCUT2D eigenvalue weighted by Crippen LogP contribution is 2.55. The van der Waals surface area contributed by atoms with Gasteiger partial charge < -0.3 is 15.2 Å². The molecule has 10 nitrogen and oxygen atoms in total. The van der Waals surface area contributed by atoms with Crippen LogP contribution in [0, 0.1) is 16.0 Å². The van der Waals surface area contributed by atoms with Crippen LogP contribution in [0.25, 0.3) is 0 Å². The summed E-state index contributed by atoms with van der Waals surface area (Å²) in [7, 11) is 0. The molecule has 0 bridgehead atoms. The fraction of sp³-hybridized carbons (Fsp3) is 0.421. The molecule has 0 spiro atoms. The summed E-state index contributed by atoms with van der Waals surface area (Å²) < 4.78 is 5.91. The Morgan fingerprint density at radius 3 is 2.71 bits per heavy atom. The molecule has 0 saturated carbocycles. The van der Waals surface area contributed by atoms with Gasteiger partial charge in [0, 0.05) is 18.7 Å². The number of amides is 2. The zero-order chi connectivity index (χ0) is 22.3. The van der Waals surface area contributed by atoms with E-state index in [4.69, 9.17) is 4.74 Å². The molecule has 2 N–H and O–H groups in total. The molecule has 3 heterocycles. The number of benzene rings is 1. The Morgan fingerprint density at radius 1 is 1.42 bits per heavy atom. The third-order valence-electron chi connectivity index (χ3n) is 5.22. The molecule has 164 valence electrons. The van der Waals surface area contributed by atoms with Gasteiger partial charge in [0.15, 0.2) is 5.70 Å². The minimum atomic E-state index is -0.863.